The van der Waals surface area contributed by atoms with Crippen LogP contribution in [0.4, 0.5) is 10.2 Å². The lowest BCUT2D eigenvalue weighted by Gasteiger charge is -2.27. The number of ether oxygens (including phenoxy) is 4. The number of rotatable bonds is 8. The summed E-state index contributed by atoms with van der Waals surface area (Å²) in [5, 5.41) is 0. The molecule has 1 aliphatic heterocycles. The standard InChI is InChI=1S/C31H24FN5O7/c32-31(16-41-28(38)19-10-4-1-5-11-19)24(43-30(40)21-14-8-3-9-15-21)23(42-29(39)20-12-6-2-7-13-20)27(44-31)37-18-36-22-25(33)34-17-35-26(22)37/h1-15,17-18,23-24,27H,16H2,(H2,33,34,35)/t23-,24+,27-,31-/m1/s1. The zero-order valence-electron chi connectivity index (χ0n) is 22.9. The maximum Gasteiger partial charge on any atom is 0.338 e. The van der Waals surface area contributed by atoms with Crippen molar-refractivity contribution in [3.8, 4) is 0 Å². The molecule has 1 fully saturated rings. The zero-order chi connectivity index (χ0) is 30.7. The van der Waals surface area contributed by atoms with Crippen molar-refractivity contribution >= 4 is 34.9 Å². The number of hydrogen-bond acceptors (Lipinski definition) is 11. The summed E-state index contributed by atoms with van der Waals surface area (Å²) < 4.78 is 41.0. The van der Waals surface area contributed by atoms with E-state index in [1.165, 1.54) is 53.6 Å². The van der Waals surface area contributed by atoms with E-state index in [9.17, 15) is 14.4 Å². The summed E-state index contributed by atoms with van der Waals surface area (Å²) >= 11 is 0. The molecular weight excluding hydrogens is 573 g/mol. The third-order valence-electron chi connectivity index (χ3n) is 6.89. The summed E-state index contributed by atoms with van der Waals surface area (Å²) in [6.45, 7) is -1.02. The molecule has 2 aromatic heterocycles. The highest BCUT2D eigenvalue weighted by Crippen LogP contribution is 2.44. The lowest BCUT2D eigenvalue weighted by atomic mass is 10.1. The molecule has 222 valence electrons. The van der Waals surface area contributed by atoms with Gasteiger partial charge in [-0.1, -0.05) is 54.6 Å². The van der Waals surface area contributed by atoms with Crippen LogP contribution in [0.3, 0.4) is 0 Å². The summed E-state index contributed by atoms with van der Waals surface area (Å²) in [5.41, 5.74) is 6.66. The molecule has 4 atom stereocenters. The summed E-state index contributed by atoms with van der Waals surface area (Å²) in [6.07, 6.45) is -2.62. The van der Waals surface area contributed by atoms with Gasteiger partial charge < -0.3 is 24.7 Å². The van der Waals surface area contributed by atoms with Crippen molar-refractivity contribution in [2.75, 3.05) is 12.3 Å². The third kappa shape index (κ3) is 5.55. The van der Waals surface area contributed by atoms with Crippen LogP contribution in [-0.4, -0.2) is 62.1 Å². The molecule has 6 rings (SSSR count). The molecule has 0 bridgehead atoms. The second kappa shape index (κ2) is 11.9. The number of carbonyl (C=O) groups excluding carboxylic acids is 3. The normalized spacial score (nSPS) is 21.1. The average Bonchev–Trinajstić information content (AvgIpc) is 3.61. The van der Waals surface area contributed by atoms with E-state index in [1.54, 1.807) is 54.6 Å². The van der Waals surface area contributed by atoms with Gasteiger partial charge in [0.2, 0.25) is 6.10 Å². The quantitative estimate of drug-likeness (QED) is 0.204. The Bertz CT molecular complexity index is 1810. The highest BCUT2D eigenvalue weighted by molar-refractivity contribution is 5.91. The molecule has 44 heavy (non-hydrogen) atoms. The van der Waals surface area contributed by atoms with E-state index in [0.717, 1.165) is 0 Å². The third-order valence-corrected chi connectivity index (χ3v) is 6.89. The lowest BCUT2D eigenvalue weighted by Crippen LogP contribution is -2.47. The van der Waals surface area contributed by atoms with Crippen molar-refractivity contribution in [3.05, 3.63) is 120 Å². The second-order valence-electron chi connectivity index (χ2n) is 9.75. The summed E-state index contributed by atoms with van der Waals surface area (Å²) in [6, 6.07) is 23.7. The van der Waals surface area contributed by atoms with E-state index in [-0.39, 0.29) is 33.7 Å². The molecule has 0 radical (unpaired) electrons. The molecule has 0 saturated carbocycles. The minimum atomic E-state index is -3.00. The summed E-state index contributed by atoms with van der Waals surface area (Å²) in [5.74, 6) is -5.60. The highest BCUT2D eigenvalue weighted by Gasteiger charge is 2.62. The van der Waals surface area contributed by atoms with Gasteiger partial charge in [0, 0.05) is 0 Å². The van der Waals surface area contributed by atoms with Crippen LogP contribution in [0.25, 0.3) is 11.2 Å². The largest absolute Gasteiger partial charge is 0.456 e. The smallest absolute Gasteiger partial charge is 0.338 e. The topological polar surface area (TPSA) is 158 Å². The lowest BCUT2D eigenvalue weighted by molar-refractivity contribution is -0.207. The number of anilines is 1. The number of hydrogen-bond donors (Lipinski definition) is 1. The Balaban J connectivity index is 1.41. The average molecular weight is 598 g/mol. The van der Waals surface area contributed by atoms with Gasteiger partial charge in [0.15, 0.2) is 30.4 Å². The predicted octanol–water partition coefficient (Wildman–Crippen LogP) is 3.91. The monoisotopic (exact) mass is 597 g/mol. The minimum absolute atomic E-state index is 0.0416. The summed E-state index contributed by atoms with van der Waals surface area (Å²) in [4.78, 5) is 51.6. The summed E-state index contributed by atoms with van der Waals surface area (Å²) in [7, 11) is 0. The molecule has 0 unspecified atom stereocenters. The highest BCUT2D eigenvalue weighted by atomic mass is 19.2. The van der Waals surface area contributed by atoms with Crippen LogP contribution >= 0.6 is 0 Å². The van der Waals surface area contributed by atoms with Gasteiger partial charge in [-0.25, -0.2) is 33.7 Å². The van der Waals surface area contributed by atoms with E-state index in [1.807, 2.05) is 0 Å². The first-order chi connectivity index (χ1) is 21.3. The van der Waals surface area contributed by atoms with Crippen LogP contribution in [0.1, 0.15) is 37.3 Å². The molecule has 3 aromatic carbocycles. The van der Waals surface area contributed by atoms with E-state index in [2.05, 4.69) is 15.0 Å². The van der Waals surface area contributed by atoms with Crippen LogP contribution in [0.15, 0.2) is 104 Å². The molecule has 0 aliphatic carbocycles. The number of carbonyl (C=O) groups is 3. The van der Waals surface area contributed by atoms with Crippen molar-refractivity contribution in [2.24, 2.45) is 0 Å². The SMILES string of the molecule is Nc1ncnc2c1ncn2[C@@H]1O[C@](F)(COC(=O)c2ccccc2)[C@@H](OC(=O)c2ccccc2)[C@H]1OC(=O)c1ccccc1. The maximum absolute atomic E-state index is 17.1. The van der Waals surface area contributed by atoms with Gasteiger partial charge in [0.1, 0.15) is 11.8 Å². The number of benzene rings is 3. The number of nitrogens with two attached hydrogens (primary N) is 1. The van der Waals surface area contributed by atoms with Crippen LogP contribution in [0.2, 0.25) is 0 Å². The van der Waals surface area contributed by atoms with Crippen molar-refractivity contribution in [2.45, 2.75) is 24.3 Å². The number of esters is 3. The molecule has 1 aliphatic rings. The Morgan fingerprint density at radius 1 is 0.795 bits per heavy atom. The molecule has 5 aromatic rings. The van der Waals surface area contributed by atoms with Crippen LogP contribution in [-0.2, 0) is 18.9 Å². The van der Waals surface area contributed by atoms with E-state index in [0.29, 0.717) is 0 Å². The van der Waals surface area contributed by atoms with Crippen molar-refractivity contribution in [1.29, 1.82) is 0 Å². The first kappa shape index (κ1) is 28.4. The molecule has 1 saturated heterocycles. The Kier molecular flexibility index (Phi) is 7.69. The number of aromatic nitrogens is 4. The van der Waals surface area contributed by atoms with Gasteiger partial charge in [-0.2, -0.15) is 0 Å². The van der Waals surface area contributed by atoms with Gasteiger partial charge in [-0.05, 0) is 36.4 Å². The van der Waals surface area contributed by atoms with Gasteiger partial charge in [-0.15, -0.1) is 0 Å². The van der Waals surface area contributed by atoms with Crippen molar-refractivity contribution in [3.63, 3.8) is 0 Å². The molecule has 3 heterocycles. The van der Waals surface area contributed by atoms with E-state index < -0.39 is 48.8 Å². The van der Waals surface area contributed by atoms with E-state index >= 15 is 4.39 Å². The van der Waals surface area contributed by atoms with Crippen molar-refractivity contribution < 1.29 is 37.7 Å². The van der Waals surface area contributed by atoms with Gasteiger partial charge >= 0.3 is 17.9 Å². The van der Waals surface area contributed by atoms with Gasteiger partial charge in [0.25, 0.3) is 5.85 Å². The Morgan fingerprint density at radius 3 is 1.93 bits per heavy atom. The fraction of sp³-hybridized carbons (Fsp3) is 0.161. The van der Waals surface area contributed by atoms with Crippen molar-refractivity contribution in [1.82, 2.24) is 19.5 Å². The molecule has 13 heteroatoms. The molecule has 12 nitrogen and oxygen atoms in total. The number of nitrogen functional groups attached to an aromatic ring is 1. The Hall–Kier alpha value is -5.69. The number of imidazole rings is 1. The molecular formula is C31H24FN5O7. The minimum Gasteiger partial charge on any atom is -0.456 e. The first-order valence-electron chi connectivity index (χ1n) is 13.4. The number of alkyl halides is 1. The number of fused-ring (bicyclic) bond motifs is 1. The first-order valence-corrected chi connectivity index (χ1v) is 13.4. The predicted molar refractivity (Wildman–Crippen MR) is 152 cm³/mol. The van der Waals surface area contributed by atoms with E-state index in [4.69, 9.17) is 24.7 Å². The Morgan fingerprint density at radius 2 is 1.34 bits per heavy atom. The molecule has 2 N–H and O–H groups in total. The number of halogens is 1. The maximum atomic E-state index is 17.1. The molecule has 0 spiro atoms. The molecule has 0 amide bonds. The van der Waals surface area contributed by atoms with Crippen LogP contribution < -0.4 is 5.73 Å². The van der Waals surface area contributed by atoms with Crippen LogP contribution in [0.5, 0.6) is 0 Å². The Labute approximate surface area is 249 Å². The van der Waals surface area contributed by atoms with Gasteiger partial charge in [0.05, 0.1) is 23.0 Å². The fourth-order valence-corrected chi connectivity index (χ4v) is 4.74. The second-order valence-corrected chi connectivity index (χ2v) is 9.75. The zero-order valence-corrected chi connectivity index (χ0v) is 22.9. The van der Waals surface area contributed by atoms with Crippen LogP contribution in [0, 0.1) is 0 Å². The fourth-order valence-electron chi connectivity index (χ4n) is 4.74. The number of nitrogens with zero attached hydrogens (tertiary/aromatic N) is 4. The van der Waals surface area contributed by atoms with Gasteiger partial charge in [-0.3, -0.25) is 4.57 Å².